The Balaban J connectivity index is 1.85. The average Bonchev–Trinajstić information content (AvgIpc) is 3.13. The van der Waals surface area contributed by atoms with Gasteiger partial charge in [0.25, 0.3) is 0 Å². The number of amides is 1. The minimum atomic E-state index is -1.03. The molecule has 2 aromatic rings. The molecule has 1 aromatic carbocycles. The van der Waals surface area contributed by atoms with E-state index in [2.05, 4.69) is 10.3 Å². The summed E-state index contributed by atoms with van der Waals surface area (Å²) in [5.74, 6) is -3.24. The van der Waals surface area contributed by atoms with Gasteiger partial charge in [-0.25, -0.2) is 18.2 Å². The van der Waals surface area contributed by atoms with Crippen LogP contribution in [-0.4, -0.2) is 17.4 Å². The van der Waals surface area contributed by atoms with Crippen molar-refractivity contribution in [3.63, 3.8) is 0 Å². The van der Waals surface area contributed by atoms with Crippen LogP contribution >= 0.6 is 11.3 Å². The van der Waals surface area contributed by atoms with E-state index in [0.29, 0.717) is 23.6 Å². The van der Waals surface area contributed by atoms with E-state index in [0.717, 1.165) is 30.6 Å². The number of halogens is 3. The second-order valence-corrected chi connectivity index (χ2v) is 7.39. The second-order valence-electron chi connectivity index (χ2n) is 6.19. The van der Waals surface area contributed by atoms with E-state index < -0.39 is 23.0 Å². The van der Waals surface area contributed by atoms with Crippen molar-refractivity contribution >= 4 is 22.4 Å². The highest BCUT2D eigenvalue weighted by Crippen LogP contribution is 2.36. The predicted molar refractivity (Wildman–Crippen MR) is 90.7 cm³/mol. The first kappa shape index (κ1) is 17.9. The van der Waals surface area contributed by atoms with Gasteiger partial charge < -0.3 is 11.1 Å². The lowest BCUT2D eigenvalue weighted by Gasteiger charge is -2.16. The van der Waals surface area contributed by atoms with Crippen LogP contribution in [0.25, 0.3) is 11.3 Å². The molecule has 2 atom stereocenters. The van der Waals surface area contributed by atoms with Crippen LogP contribution in [0.4, 0.5) is 18.3 Å². The summed E-state index contributed by atoms with van der Waals surface area (Å²) >= 11 is 1.13. The summed E-state index contributed by atoms with van der Waals surface area (Å²) in [6.45, 7) is 2.09. The summed E-state index contributed by atoms with van der Waals surface area (Å²) in [7, 11) is 0. The smallest absolute Gasteiger partial charge is 0.229 e. The summed E-state index contributed by atoms with van der Waals surface area (Å²) in [5.41, 5.74) is 5.37. The SMILES string of the molecule is Cc1sc(NC(=O)[C@@H]2CCC[C@@H]2CN)nc1-c1c(F)cc(F)cc1F. The molecule has 1 saturated carbocycles. The highest BCUT2D eigenvalue weighted by molar-refractivity contribution is 7.16. The predicted octanol–water partition coefficient (Wildman–Crippen LogP) is 3.85. The Morgan fingerprint density at radius 2 is 2.00 bits per heavy atom. The molecule has 1 heterocycles. The third-order valence-electron chi connectivity index (χ3n) is 4.57. The third kappa shape index (κ3) is 3.55. The van der Waals surface area contributed by atoms with Crippen LogP contribution in [0.1, 0.15) is 24.1 Å². The molecule has 8 heteroatoms. The first-order chi connectivity index (χ1) is 11.9. The topological polar surface area (TPSA) is 68.0 Å². The van der Waals surface area contributed by atoms with Gasteiger partial charge in [-0.15, -0.1) is 11.3 Å². The van der Waals surface area contributed by atoms with Crippen molar-refractivity contribution in [2.75, 3.05) is 11.9 Å². The Morgan fingerprint density at radius 3 is 2.64 bits per heavy atom. The molecule has 1 amide bonds. The molecule has 0 aliphatic heterocycles. The number of nitrogens with two attached hydrogens (primary N) is 1. The molecular formula is C17H18F3N3OS. The van der Waals surface area contributed by atoms with Gasteiger partial charge >= 0.3 is 0 Å². The number of benzene rings is 1. The number of nitrogens with zero attached hydrogens (tertiary/aromatic N) is 1. The molecule has 1 aliphatic rings. The van der Waals surface area contributed by atoms with Gasteiger partial charge in [-0.2, -0.15) is 0 Å². The largest absolute Gasteiger partial charge is 0.330 e. The number of aromatic nitrogens is 1. The molecule has 134 valence electrons. The van der Waals surface area contributed by atoms with Gasteiger partial charge in [-0.1, -0.05) is 6.42 Å². The molecule has 0 spiro atoms. The van der Waals surface area contributed by atoms with Crippen LogP contribution in [0, 0.1) is 36.2 Å². The van der Waals surface area contributed by atoms with Gasteiger partial charge in [0.1, 0.15) is 17.5 Å². The van der Waals surface area contributed by atoms with Crippen molar-refractivity contribution in [1.29, 1.82) is 0 Å². The highest BCUT2D eigenvalue weighted by Gasteiger charge is 2.32. The van der Waals surface area contributed by atoms with Crippen LogP contribution in [0.5, 0.6) is 0 Å². The van der Waals surface area contributed by atoms with Crippen molar-refractivity contribution in [2.24, 2.45) is 17.6 Å². The molecule has 0 radical (unpaired) electrons. The number of anilines is 1. The fraction of sp³-hybridized carbons (Fsp3) is 0.412. The molecule has 1 aliphatic carbocycles. The number of aryl methyl sites for hydroxylation is 1. The zero-order valence-electron chi connectivity index (χ0n) is 13.6. The minimum absolute atomic E-state index is 0.0668. The Bertz CT molecular complexity index is 785. The molecule has 1 fully saturated rings. The van der Waals surface area contributed by atoms with Crippen molar-refractivity contribution in [3.8, 4) is 11.3 Å². The summed E-state index contributed by atoms with van der Waals surface area (Å²) < 4.78 is 41.0. The minimum Gasteiger partial charge on any atom is -0.330 e. The van der Waals surface area contributed by atoms with E-state index in [9.17, 15) is 18.0 Å². The van der Waals surface area contributed by atoms with Gasteiger partial charge in [-0.3, -0.25) is 4.79 Å². The summed E-state index contributed by atoms with van der Waals surface area (Å²) in [6, 6.07) is 1.22. The fourth-order valence-electron chi connectivity index (χ4n) is 3.31. The lowest BCUT2D eigenvalue weighted by molar-refractivity contribution is -0.120. The van der Waals surface area contributed by atoms with E-state index >= 15 is 0 Å². The monoisotopic (exact) mass is 369 g/mol. The molecular weight excluding hydrogens is 351 g/mol. The second kappa shape index (κ2) is 7.13. The molecule has 0 unspecified atom stereocenters. The van der Waals surface area contributed by atoms with Crippen LogP contribution in [0.3, 0.4) is 0 Å². The summed E-state index contributed by atoms with van der Waals surface area (Å²) in [4.78, 5) is 17.1. The number of rotatable bonds is 4. The van der Waals surface area contributed by atoms with E-state index in [1.807, 2.05) is 0 Å². The number of carbonyl (C=O) groups excluding carboxylic acids is 1. The maximum absolute atomic E-state index is 14.0. The van der Waals surface area contributed by atoms with Gasteiger partial charge in [-0.05, 0) is 32.2 Å². The molecule has 0 saturated heterocycles. The lowest BCUT2D eigenvalue weighted by Crippen LogP contribution is -2.29. The van der Waals surface area contributed by atoms with Crippen LogP contribution in [0.15, 0.2) is 12.1 Å². The Hall–Kier alpha value is -1.93. The average molecular weight is 369 g/mol. The van der Waals surface area contributed by atoms with Crippen LogP contribution in [-0.2, 0) is 4.79 Å². The zero-order valence-corrected chi connectivity index (χ0v) is 14.4. The van der Waals surface area contributed by atoms with Gasteiger partial charge in [0.2, 0.25) is 5.91 Å². The van der Waals surface area contributed by atoms with E-state index in [1.54, 1.807) is 6.92 Å². The maximum Gasteiger partial charge on any atom is 0.229 e. The summed E-state index contributed by atoms with van der Waals surface area (Å²) in [6.07, 6.45) is 2.64. The fourth-order valence-corrected chi connectivity index (χ4v) is 4.14. The van der Waals surface area contributed by atoms with Crippen molar-refractivity contribution in [1.82, 2.24) is 4.98 Å². The molecule has 1 aromatic heterocycles. The molecule has 0 bridgehead atoms. The Labute approximate surface area is 147 Å². The third-order valence-corrected chi connectivity index (χ3v) is 5.46. The number of thiazole rings is 1. The molecule has 3 N–H and O–H groups in total. The Morgan fingerprint density at radius 1 is 1.32 bits per heavy atom. The van der Waals surface area contributed by atoms with Crippen molar-refractivity contribution in [3.05, 3.63) is 34.5 Å². The molecule has 4 nitrogen and oxygen atoms in total. The van der Waals surface area contributed by atoms with E-state index in [1.165, 1.54) is 0 Å². The number of carbonyl (C=O) groups is 1. The van der Waals surface area contributed by atoms with E-state index in [4.69, 9.17) is 5.73 Å². The highest BCUT2D eigenvalue weighted by atomic mass is 32.1. The first-order valence-electron chi connectivity index (χ1n) is 8.04. The van der Waals surface area contributed by atoms with Gasteiger partial charge in [0.15, 0.2) is 5.13 Å². The van der Waals surface area contributed by atoms with Crippen LogP contribution < -0.4 is 11.1 Å². The Kier molecular flexibility index (Phi) is 5.10. The number of hydrogen-bond acceptors (Lipinski definition) is 4. The standard InChI is InChI=1S/C17H18F3N3OS/c1-8-15(14-12(19)5-10(18)6-13(14)20)22-17(25-8)23-16(24)11-4-2-3-9(11)7-21/h5-6,9,11H,2-4,7,21H2,1H3,(H,22,23,24)/t9-,11-/m1/s1. The van der Waals surface area contributed by atoms with Crippen molar-refractivity contribution < 1.29 is 18.0 Å². The molecule has 3 rings (SSSR count). The van der Waals surface area contributed by atoms with E-state index in [-0.39, 0.29) is 28.6 Å². The zero-order chi connectivity index (χ0) is 18.1. The van der Waals surface area contributed by atoms with Gasteiger partial charge in [0.05, 0.1) is 11.3 Å². The first-order valence-corrected chi connectivity index (χ1v) is 8.85. The normalized spacial score (nSPS) is 20.0. The summed E-state index contributed by atoms with van der Waals surface area (Å²) in [5, 5.41) is 2.99. The number of hydrogen-bond donors (Lipinski definition) is 2. The lowest BCUT2D eigenvalue weighted by atomic mass is 9.95. The maximum atomic E-state index is 14.0. The quantitative estimate of drug-likeness (QED) is 0.860. The van der Waals surface area contributed by atoms with Crippen LogP contribution in [0.2, 0.25) is 0 Å². The van der Waals surface area contributed by atoms with Gasteiger partial charge in [0, 0.05) is 22.9 Å². The number of nitrogens with one attached hydrogen (secondary N) is 1. The molecule has 25 heavy (non-hydrogen) atoms. The van der Waals surface area contributed by atoms with Crippen molar-refractivity contribution in [2.45, 2.75) is 26.2 Å².